The van der Waals surface area contributed by atoms with E-state index in [9.17, 15) is 4.79 Å². The molecule has 0 bridgehead atoms. The second-order valence-electron chi connectivity index (χ2n) is 7.75. The monoisotopic (exact) mass is 391 g/mol. The number of nitrogens with one attached hydrogen (secondary N) is 1. The van der Waals surface area contributed by atoms with Crippen LogP contribution in [-0.4, -0.2) is 15.7 Å². The maximum absolute atomic E-state index is 13.0. The molecule has 5 heteroatoms. The fourth-order valence-corrected chi connectivity index (χ4v) is 4.52. The maximum atomic E-state index is 13.0. The van der Waals surface area contributed by atoms with Gasteiger partial charge in [0.25, 0.3) is 0 Å². The molecule has 1 saturated carbocycles. The second-order valence-corrected chi connectivity index (χ2v) is 8.18. The minimum Gasteiger partial charge on any atom is -0.350 e. The van der Waals surface area contributed by atoms with Crippen molar-refractivity contribution in [1.29, 1.82) is 0 Å². The van der Waals surface area contributed by atoms with Crippen molar-refractivity contribution in [2.45, 2.75) is 44.1 Å². The molecule has 0 radical (unpaired) electrons. The molecule has 1 N–H and O–H groups in total. The molecule has 5 rings (SSSR count). The SMILES string of the molecule is O=C(NCc1nn(-c2ccccc2)c2c1CCC2)C1(c2cccc(Cl)c2)CC1. The highest BCUT2D eigenvalue weighted by molar-refractivity contribution is 6.30. The highest BCUT2D eigenvalue weighted by Gasteiger charge is 2.51. The van der Waals surface area contributed by atoms with Crippen molar-refractivity contribution in [1.82, 2.24) is 15.1 Å². The number of aromatic nitrogens is 2. The molecule has 4 nitrogen and oxygen atoms in total. The van der Waals surface area contributed by atoms with Gasteiger partial charge in [0, 0.05) is 10.7 Å². The van der Waals surface area contributed by atoms with E-state index in [1.807, 2.05) is 47.1 Å². The Bertz CT molecular complexity index is 1040. The molecular weight excluding hydrogens is 370 g/mol. The van der Waals surface area contributed by atoms with Gasteiger partial charge in [-0.2, -0.15) is 5.10 Å². The molecule has 0 atom stereocenters. The van der Waals surface area contributed by atoms with Gasteiger partial charge in [-0.15, -0.1) is 0 Å². The Morgan fingerprint density at radius 2 is 1.93 bits per heavy atom. The van der Waals surface area contributed by atoms with Gasteiger partial charge < -0.3 is 5.32 Å². The van der Waals surface area contributed by atoms with Gasteiger partial charge in [-0.3, -0.25) is 4.79 Å². The summed E-state index contributed by atoms with van der Waals surface area (Å²) < 4.78 is 2.05. The van der Waals surface area contributed by atoms with Gasteiger partial charge in [0.15, 0.2) is 0 Å². The van der Waals surface area contributed by atoms with E-state index in [1.165, 1.54) is 11.3 Å². The van der Waals surface area contributed by atoms with E-state index in [2.05, 4.69) is 17.4 Å². The summed E-state index contributed by atoms with van der Waals surface area (Å²) in [6.07, 6.45) is 4.96. The number of para-hydroxylation sites is 1. The highest BCUT2D eigenvalue weighted by atomic mass is 35.5. The quantitative estimate of drug-likeness (QED) is 0.702. The molecule has 1 fully saturated rings. The molecule has 0 spiro atoms. The number of amides is 1. The molecule has 0 aliphatic heterocycles. The van der Waals surface area contributed by atoms with E-state index < -0.39 is 5.41 Å². The normalized spacial score (nSPS) is 16.6. The van der Waals surface area contributed by atoms with Crippen molar-refractivity contribution >= 4 is 17.5 Å². The molecular formula is C23H22ClN3O. The van der Waals surface area contributed by atoms with E-state index in [0.29, 0.717) is 11.6 Å². The Hall–Kier alpha value is -2.59. The third-order valence-electron chi connectivity index (χ3n) is 5.99. The van der Waals surface area contributed by atoms with Crippen LogP contribution in [0.3, 0.4) is 0 Å². The molecule has 1 amide bonds. The predicted molar refractivity (Wildman–Crippen MR) is 110 cm³/mol. The fraction of sp³-hybridized carbons (Fsp3) is 0.304. The zero-order valence-electron chi connectivity index (χ0n) is 15.6. The van der Waals surface area contributed by atoms with E-state index >= 15 is 0 Å². The first-order valence-electron chi connectivity index (χ1n) is 9.87. The minimum absolute atomic E-state index is 0.0794. The Morgan fingerprint density at radius 3 is 2.68 bits per heavy atom. The summed E-state index contributed by atoms with van der Waals surface area (Å²) in [5.74, 6) is 0.0794. The lowest BCUT2D eigenvalue weighted by Gasteiger charge is -2.16. The lowest BCUT2D eigenvalue weighted by Crippen LogP contribution is -2.34. The molecule has 28 heavy (non-hydrogen) atoms. The average Bonchev–Trinajstić information content (AvgIpc) is 3.27. The number of nitrogens with zero attached hydrogens (tertiary/aromatic N) is 2. The number of rotatable bonds is 5. The van der Waals surface area contributed by atoms with E-state index in [-0.39, 0.29) is 5.91 Å². The molecule has 0 saturated heterocycles. The first-order valence-corrected chi connectivity index (χ1v) is 10.2. The summed E-state index contributed by atoms with van der Waals surface area (Å²) in [5.41, 5.74) is 5.25. The van der Waals surface area contributed by atoms with Crippen LogP contribution in [0.4, 0.5) is 0 Å². The number of fused-ring (bicyclic) bond motifs is 1. The second kappa shape index (κ2) is 6.78. The Labute approximate surface area is 169 Å². The molecule has 2 aromatic carbocycles. The van der Waals surface area contributed by atoms with Crippen molar-refractivity contribution in [3.63, 3.8) is 0 Å². The molecule has 2 aliphatic carbocycles. The van der Waals surface area contributed by atoms with Crippen molar-refractivity contribution in [3.05, 3.63) is 82.1 Å². The summed E-state index contributed by atoms with van der Waals surface area (Å²) in [5, 5.41) is 8.68. The number of benzene rings is 2. The Kier molecular flexibility index (Phi) is 4.24. The number of hydrogen-bond donors (Lipinski definition) is 1. The van der Waals surface area contributed by atoms with E-state index in [0.717, 1.165) is 49.0 Å². The van der Waals surface area contributed by atoms with Crippen LogP contribution in [0.2, 0.25) is 5.02 Å². The summed E-state index contributed by atoms with van der Waals surface area (Å²) in [4.78, 5) is 13.0. The summed E-state index contributed by atoms with van der Waals surface area (Å²) in [7, 11) is 0. The lowest BCUT2D eigenvalue weighted by molar-refractivity contribution is -0.123. The van der Waals surface area contributed by atoms with Gasteiger partial charge in [0.2, 0.25) is 5.91 Å². The van der Waals surface area contributed by atoms with Crippen molar-refractivity contribution in [3.8, 4) is 5.69 Å². The minimum atomic E-state index is -0.421. The molecule has 0 unspecified atom stereocenters. The molecule has 2 aliphatic rings. The molecule has 3 aromatic rings. The van der Waals surface area contributed by atoms with Crippen LogP contribution >= 0.6 is 11.6 Å². The standard InChI is InChI=1S/C23H22ClN3O/c24-17-7-4-6-16(14-17)23(12-13-23)22(28)25-15-20-19-10-5-11-21(19)27(26-20)18-8-2-1-3-9-18/h1-4,6-9,14H,5,10-13,15H2,(H,25,28). The van der Waals surface area contributed by atoms with Crippen molar-refractivity contribution < 1.29 is 4.79 Å². The van der Waals surface area contributed by atoms with Gasteiger partial charge in [-0.25, -0.2) is 4.68 Å². The van der Waals surface area contributed by atoms with Crippen LogP contribution in [0.25, 0.3) is 5.69 Å². The summed E-state index contributed by atoms with van der Waals surface area (Å²) in [6.45, 7) is 0.476. The van der Waals surface area contributed by atoms with Crippen LogP contribution in [0.5, 0.6) is 0 Å². The summed E-state index contributed by atoms with van der Waals surface area (Å²) >= 11 is 6.14. The number of carbonyl (C=O) groups is 1. The van der Waals surface area contributed by atoms with Gasteiger partial charge in [-0.05, 0) is 67.5 Å². The average molecular weight is 392 g/mol. The van der Waals surface area contributed by atoms with Crippen LogP contribution in [0.1, 0.15) is 41.8 Å². The first-order chi connectivity index (χ1) is 13.7. The van der Waals surface area contributed by atoms with Gasteiger partial charge in [0.1, 0.15) is 0 Å². The van der Waals surface area contributed by atoms with Gasteiger partial charge in [-0.1, -0.05) is 41.9 Å². The smallest absolute Gasteiger partial charge is 0.230 e. The van der Waals surface area contributed by atoms with E-state index in [4.69, 9.17) is 16.7 Å². The third kappa shape index (κ3) is 2.92. The zero-order valence-corrected chi connectivity index (χ0v) is 16.4. The molecule has 1 heterocycles. The van der Waals surface area contributed by atoms with Crippen LogP contribution in [-0.2, 0) is 29.6 Å². The maximum Gasteiger partial charge on any atom is 0.230 e. The lowest BCUT2D eigenvalue weighted by atomic mass is 9.95. The van der Waals surface area contributed by atoms with E-state index in [1.54, 1.807) is 0 Å². The largest absolute Gasteiger partial charge is 0.350 e. The number of hydrogen-bond acceptors (Lipinski definition) is 2. The Morgan fingerprint density at radius 1 is 1.11 bits per heavy atom. The number of halogens is 1. The zero-order chi connectivity index (χ0) is 19.1. The third-order valence-corrected chi connectivity index (χ3v) is 6.23. The topological polar surface area (TPSA) is 46.9 Å². The fourth-order valence-electron chi connectivity index (χ4n) is 4.33. The number of carbonyl (C=O) groups excluding carboxylic acids is 1. The van der Waals surface area contributed by atoms with Crippen molar-refractivity contribution in [2.75, 3.05) is 0 Å². The van der Waals surface area contributed by atoms with Crippen LogP contribution in [0.15, 0.2) is 54.6 Å². The molecule has 1 aromatic heterocycles. The Balaban J connectivity index is 1.37. The predicted octanol–water partition coefficient (Wildman–Crippen LogP) is 4.36. The summed E-state index contributed by atoms with van der Waals surface area (Å²) in [6, 6.07) is 17.9. The van der Waals surface area contributed by atoms with Crippen LogP contribution in [0, 0.1) is 0 Å². The van der Waals surface area contributed by atoms with Gasteiger partial charge >= 0.3 is 0 Å². The van der Waals surface area contributed by atoms with Gasteiger partial charge in [0.05, 0.1) is 23.3 Å². The first kappa shape index (κ1) is 17.5. The molecule has 142 valence electrons. The highest BCUT2D eigenvalue weighted by Crippen LogP contribution is 2.49. The van der Waals surface area contributed by atoms with Crippen LogP contribution < -0.4 is 5.32 Å². The van der Waals surface area contributed by atoms with Crippen molar-refractivity contribution in [2.24, 2.45) is 0 Å².